The Labute approximate surface area is 123 Å². The first-order valence-electron chi connectivity index (χ1n) is 7.71. The van der Waals surface area contributed by atoms with Crippen LogP contribution in [0.5, 0.6) is 0 Å². The standard InChI is InChI=1S/C11H13FN2.C3H4F2.C2H6/c1-6(2)14-5-13-11-9(14)4-7-3-8(7)10(11)12;4-3(5)1-2-3;1-2/h4-8H,3H2,1-2H3;1-2H2;1-2H3. The first-order valence-corrected chi connectivity index (χ1v) is 7.71. The van der Waals surface area contributed by atoms with E-state index in [4.69, 9.17) is 0 Å². The fraction of sp³-hybridized carbons (Fsp3) is 0.688. The Hall–Kier alpha value is -1.26. The molecule has 2 unspecified atom stereocenters. The van der Waals surface area contributed by atoms with Crippen molar-refractivity contribution < 1.29 is 13.2 Å². The summed E-state index contributed by atoms with van der Waals surface area (Å²) >= 11 is 0. The van der Waals surface area contributed by atoms with Gasteiger partial charge in [0.05, 0.1) is 11.7 Å². The topological polar surface area (TPSA) is 17.8 Å². The molecular formula is C16H23F3N2. The summed E-state index contributed by atoms with van der Waals surface area (Å²) in [7, 11) is 0. The second kappa shape index (κ2) is 5.85. The third kappa shape index (κ3) is 3.50. The molecule has 118 valence electrons. The summed E-state index contributed by atoms with van der Waals surface area (Å²) in [5.41, 5.74) is 0. The minimum absolute atomic E-state index is 0.00639. The molecule has 3 aliphatic carbocycles. The summed E-state index contributed by atoms with van der Waals surface area (Å²) in [5.74, 6) is -1.65. The highest BCUT2D eigenvalue weighted by Crippen LogP contribution is 2.46. The van der Waals surface area contributed by atoms with Gasteiger partial charge in [-0.1, -0.05) is 19.9 Å². The van der Waals surface area contributed by atoms with Crippen molar-refractivity contribution in [1.29, 1.82) is 0 Å². The number of alkyl halides is 2. The zero-order valence-electron chi connectivity index (χ0n) is 13.0. The smallest absolute Gasteiger partial charge is 0.248 e. The van der Waals surface area contributed by atoms with Crippen LogP contribution in [0.15, 0.2) is 6.33 Å². The highest BCUT2D eigenvalue weighted by Gasteiger charge is 2.43. The molecule has 3 aliphatic rings. The van der Waals surface area contributed by atoms with Crippen molar-refractivity contribution >= 4 is 11.9 Å². The second-order valence-corrected chi connectivity index (χ2v) is 5.86. The maximum Gasteiger partial charge on any atom is 0.248 e. The predicted molar refractivity (Wildman–Crippen MR) is 78.0 cm³/mol. The van der Waals surface area contributed by atoms with E-state index in [0.717, 1.165) is 11.8 Å². The highest BCUT2D eigenvalue weighted by atomic mass is 19.3. The number of nitrogens with zero attached hydrogens (tertiary/aromatic N) is 2. The molecule has 2 fully saturated rings. The van der Waals surface area contributed by atoms with Crippen LogP contribution in [0.3, 0.4) is 0 Å². The van der Waals surface area contributed by atoms with Crippen molar-refractivity contribution in [3.8, 4) is 0 Å². The van der Waals surface area contributed by atoms with Crippen LogP contribution in [0, 0.1) is 11.8 Å². The van der Waals surface area contributed by atoms with E-state index in [0.29, 0.717) is 17.3 Å². The van der Waals surface area contributed by atoms with Gasteiger partial charge in [0.25, 0.3) is 0 Å². The van der Waals surface area contributed by atoms with E-state index in [9.17, 15) is 13.2 Å². The third-order valence-corrected chi connectivity index (χ3v) is 3.78. The van der Waals surface area contributed by atoms with Crippen LogP contribution in [0.1, 0.15) is 53.0 Å². The molecule has 0 N–H and O–H groups in total. The second-order valence-electron chi connectivity index (χ2n) is 5.86. The van der Waals surface area contributed by atoms with Gasteiger partial charge in [-0.25, -0.2) is 18.2 Å². The Bertz CT molecular complexity index is 610. The molecule has 0 aliphatic heterocycles. The van der Waals surface area contributed by atoms with Crippen LogP contribution in [-0.4, -0.2) is 15.5 Å². The molecular weight excluding hydrogens is 277 g/mol. The third-order valence-electron chi connectivity index (χ3n) is 3.78. The summed E-state index contributed by atoms with van der Waals surface area (Å²) in [4.78, 5) is 4.16. The van der Waals surface area contributed by atoms with Gasteiger partial charge in [0.1, 0.15) is 11.2 Å². The van der Waals surface area contributed by atoms with E-state index in [1.165, 1.54) is 0 Å². The molecule has 0 radical (unpaired) electrons. The van der Waals surface area contributed by atoms with Gasteiger partial charge in [-0.05, 0) is 26.2 Å². The number of fused-ring (bicyclic) bond motifs is 2. The molecule has 2 atom stereocenters. The van der Waals surface area contributed by atoms with E-state index in [2.05, 4.69) is 24.9 Å². The first-order chi connectivity index (χ1) is 9.89. The lowest BCUT2D eigenvalue weighted by Crippen LogP contribution is -2.34. The summed E-state index contributed by atoms with van der Waals surface area (Å²) in [5, 5.41) is 1.56. The van der Waals surface area contributed by atoms with E-state index < -0.39 is 5.92 Å². The number of imidazole rings is 1. The number of hydrogen-bond acceptors (Lipinski definition) is 1. The highest BCUT2D eigenvalue weighted by molar-refractivity contribution is 5.53. The molecule has 21 heavy (non-hydrogen) atoms. The van der Waals surface area contributed by atoms with Gasteiger partial charge >= 0.3 is 0 Å². The average molecular weight is 300 g/mol. The van der Waals surface area contributed by atoms with Gasteiger partial charge < -0.3 is 4.57 Å². The molecule has 0 bridgehead atoms. The number of halogens is 3. The van der Waals surface area contributed by atoms with E-state index >= 15 is 0 Å². The van der Waals surface area contributed by atoms with Gasteiger partial charge in [-0.3, -0.25) is 0 Å². The molecule has 0 saturated heterocycles. The summed E-state index contributed by atoms with van der Waals surface area (Å²) in [6.07, 6.45) is 5.13. The minimum atomic E-state index is -2.25. The lowest BCUT2D eigenvalue weighted by Gasteiger charge is -2.07. The molecule has 4 rings (SSSR count). The van der Waals surface area contributed by atoms with Gasteiger partial charge in [0, 0.05) is 24.8 Å². The summed E-state index contributed by atoms with van der Waals surface area (Å²) in [6, 6.07) is 0.352. The molecule has 5 heteroatoms. The molecule has 1 aromatic rings. The predicted octanol–water partition coefficient (Wildman–Crippen LogP) is 3.41. The Morgan fingerprint density at radius 1 is 1.29 bits per heavy atom. The average Bonchev–Trinajstić information content (AvgIpc) is 3.31. The molecule has 1 heterocycles. The fourth-order valence-electron chi connectivity index (χ4n) is 2.29. The first kappa shape index (κ1) is 16.1. The number of rotatable bonds is 1. The van der Waals surface area contributed by atoms with Gasteiger partial charge in [0.2, 0.25) is 5.92 Å². The maximum atomic E-state index is 13.7. The van der Waals surface area contributed by atoms with Crippen molar-refractivity contribution in [2.45, 2.75) is 58.9 Å². The lowest BCUT2D eigenvalue weighted by molar-refractivity contribution is 0.120. The van der Waals surface area contributed by atoms with E-state index in [1.807, 2.05) is 18.4 Å². The minimum Gasteiger partial charge on any atom is -0.328 e. The quantitative estimate of drug-likeness (QED) is 0.777. The lowest BCUT2D eigenvalue weighted by atomic mass is 10.2. The normalized spacial score (nSPS) is 26.4. The van der Waals surface area contributed by atoms with Crippen LogP contribution in [0.25, 0.3) is 11.9 Å². The van der Waals surface area contributed by atoms with Crippen molar-refractivity contribution in [2.24, 2.45) is 11.8 Å². The van der Waals surface area contributed by atoms with Crippen molar-refractivity contribution in [3.63, 3.8) is 0 Å². The Kier molecular flexibility index (Phi) is 4.49. The van der Waals surface area contributed by atoms with Crippen LogP contribution in [0.2, 0.25) is 0 Å². The molecule has 2 nitrogen and oxygen atoms in total. The Morgan fingerprint density at radius 3 is 2.33 bits per heavy atom. The van der Waals surface area contributed by atoms with Gasteiger partial charge in [-0.15, -0.1) is 0 Å². The zero-order valence-corrected chi connectivity index (χ0v) is 13.0. The van der Waals surface area contributed by atoms with E-state index in [1.54, 1.807) is 6.33 Å². The van der Waals surface area contributed by atoms with Gasteiger partial charge in [-0.2, -0.15) is 0 Å². The van der Waals surface area contributed by atoms with Crippen LogP contribution >= 0.6 is 0 Å². The van der Waals surface area contributed by atoms with Gasteiger partial charge in [0.15, 0.2) is 0 Å². The number of aromatic nitrogens is 2. The molecule has 1 aromatic heterocycles. The SMILES string of the molecule is CC.CC(C)n1cnc2c1=CC1CC1C=2F.FC1(F)CC1. The molecule has 2 saturated carbocycles. The molecule has 0 aromatic carbocycles. The van der Waals surface area contributed by atoms with Crippen molar-refractivity contribution in [3.05, 3.63) is 17.0 Å². The Morgan fingerprint density at radius 2 is 1.86 bits per heavy atom. The maximum absolute atomic E-state index is 13.7. The number of hydrogen-bond donors (Lipinski definition) is 0. The van der Waals surface area contributed by atoms with Crippen LogP contribution < -0.4 is 10.7 Å². The van der Waals surface area contributed by atoms with Crippen molar-refractivity contribution in [1.82, 2.24) is 9.55 Å². The summed E-state index contributed by atoms with van der Waals surface area (Å²) in [6.45, 7) is 8.18. The fourth-order valence-corrected chi connectivity index (χ4v) is 2.29. The Balaban J connectivity index is 0.000000194. The summed E-state index contributed by atoms with van der Waals surface area (Å²) < 4.78 is 38.0. The van der Waals surface area contributed by atoms with Crippen LogP contribution in [0.4, 0.5) is 13.2 Å². The van der Waals surface area contributed by atoms with Crippen LogP contribution in [-0.2, 0) is 0 Å². The zero-order chi connectivity index (χ0) is 15.8. The largest absolute Gasteiger partial charge is 0.328 e. The van der Waals surface area contributed by atoms with Crippen molar-refractivity contribution in [2.75, 3.05) is 0 Å². The molecule has 0 spiro atoms. The molecule has 0 amide bonds. The monoisotopic (exact) mass is 300 g/mol. The van der Waals surface area contributed by atoms with E-state index in [-0.39, 0.29) is 24.6 Å².